The Morgan fingerprint density at radius 1 is 1.50 bits per heavy atom. The number of methoxy groups -OCH3 is 1. The smallest absolute Gasteiger partial charge is 0.308 e. The summed E-state index contributed by atoms with van der Waals surface area (Å²) in [6, 6.07) is 2.93. The minimum absolute atomic E-state index is 0.135. The second kappa shape index (κ2) is 6.83. The number of nitrogens with one attached hydrogen (secondary N) is 1. The molecule has 0 saturated heterocycles. The van der Waals surface area contributed by atoms with Crippen molar-refractivity contribution in [1.29, 1.82) is 0 Å². The SMILES string of the molecule is COCCCNS(=O)(=O)c1ccc(CC(=O)O)s1. The van der Waals surface area contributed by atoms with Crippen molar-refractivity contribution in [2.45, 2.75) is 17.1 Å². The molecule has 0 atom stereocenters. The van der Waals surface area contributed by atoms with E-state index in [2.05, 4.69) is 4.72 Å². The molecule has 1 aromatic rings. The largest absolute Gasteiger partial charge is 0.481 e. The highest BCUT2D eigenvalue weighted by Gasteiger charge is 2.16. The van der Waals surface area contributed by atoms with Gasteiger partial charge in [0.1, 0.15) is 4.21 Å². The summed E-state index contributed by atoms with van der Waals surface area (Å²) in [4.78, 5) is 11.0. The molecule has 0 fully saturated rings. The maximum Gasteiger partial charge on any atom is 0.308 e. The minimum atomic E-state index is -3.54. The predicted octanol–water partition coefficient (Wildman–Crippen LogP) is 0.690. The summed E-state index contributed by atoms with van der Waals surface area (Å²) < 4.78 is 31.0. The predicted molar refractivity (Wildman–Crippen MR) is 67.3 cm³/mol. The first-order valence-electron chi connectivity index (χ1n) is 5.25. The molecule has 0 radical (unpaired) electrons. The first-order chi connectivity index (χ1) is 8.45. The van der Waals surface area contributed by atoms with Crippen LogP contribution in [0.2, 0.25) is 0 Å². The van der Waals surface area contributed by atoms with E-state index in [-0.39, 0.29) is 10.6 Å². The van der Waals surface area contributed by atoms with Crippen molar-refractivity contribution < 1.29 is 23.1 Å². The first-order valence-corrected chi connectivity index (χ1v) is 7.55. The molecule has 6 nitrogen and oxygen atoms in total. The van der Waals surface area contributed by atoms with Crippen LogP contribution in [0.15, 0.2) is 16.3 Å². The number of aliphatic carboxylic acids is 1. The van der Waals surface area contributed by atoms with Crippen molar-refractivity contribution in [2.75, 3.05) is 20.3 Å². The van der Waals surface area contributed by atoms with Crippen LogP contribution in [0.25, 0.3) is 0 Å². The topological polar surface area (TPSA) is 92.7 Å². The molecule has 0 aliphatic rings. The Labute approximate surface area is 110 Å². The Morgan fingerprint density at radius 2 is 2.22 bits per heavy atom. The molecule has 0 bridgehead atoms. The van der Waals surface area contributed by atoms with Gasteiger partial charge in [-0.3, -0.25) is 4.79 Å². The summed E-state index contributed by atoms with van der Waals surface area (Å²) in [6.45, 7) is 0.777. The summed E-state index contributed by atoms with van der Waals surface area (Å²) in [5.41, 5.74) is 0. The number of rotatable bonds is 8. The quantitative estimate of drug-likeness (QED) is 0.688. The highest BCUT2D eigenvalue weighted by atomic mass is 32.2. The van der Waals surface area contributed by atoms with Gasteiger partial charge >= 0.3 is 5.97 Å². The van der Waals surface area contributed by atoms with Gasteiger partial charge in [-0.25, -0.2) is 13.1 Å². The van der Waals surface area contributed by atoms with Crippen LogP contribution >= 0.6 is 11.3 Å². The summed E-state index contributed by atoms with van der Waals surface area (Å²) in [5, 5.41) is 8.61. The van der Waals surface area contributed by atoms with Crippen LogP contribution in [0.3, 0.4) is 0 Å². The Bertz CT molecular complexity index is 494. The lowest BCUT2D eigenvalue weighted by atomic mass is 10.3. The second-order valence-corrected chi connectivity index (χ2v) is 6.70. The fraction of sp³-hybridized carbons (Fsp3) is 0.500. The average molecular weight is 293 g/mol. The third-order valence-electron chi connectivity index (χ3n) is 2.04. The van der Waals surface area contributed by atoms with Crippen molar-refractivity contribution in [2.24, 2.45) is 0 Å². The van der Waals surface area contributed by atoms with Crippen LogP contribution in [-0.4, -0.2) is 39.8 Å². The van der Waals surface area contributed by atoms with E-state index in [1.54, 1.807) is 7.11 Å². The molecular formula is C10H15NO5S2. The van der Waals surface area contributed by atoms with Gasteiger partial charge in [-0.2, -0.15) is 0 Å². The van der Waals surface area contributed by atoms with Crippen molar-refractivity contribution in [3.05, 3.63) is 17.0 Å². The van der Waals surface area contributed by atoms with Crippen molar-refractivity contribution in [1.82, 2.24) is 4.72 Å². The van der Waals surface area contributed by atoms with Crippen molar-refractivity contribution in [3.63, 3.8) is 0 Å². The zero-order valence-electron chi connectivity index (χ0n) is 9.88. The first kappa shape index (κ1) is 15.1. The maximum absolute atomic E-state index is 11.8. The van der Waals surface area contributed by atoms with Gasteiger partial charge in [-0.05, 0) is 18.6 Å². The lowest BCUT2D eigenvalue weighted by molar-refractivity contribution is -0.136. The molecule has 8 heteroatoms. The van der Waals surface area contributed by atoms with Crippen LogP contribution in [0.5, 0.6) is 0 Å². The molecule has 18 heavy (non-hydrogen) atoms. The Kier molecular flexibility index (Phi) is 5.73. The third kappa shape index (κ3) is 4.73. The van der Waals surface area contributed by atoms with Crippen molar-refractivity contribution in [3.8, 4) is 0 Å². The van der Waals surface area contributed by atoms with Gasteiger partial charge in [0.05, 0.1) is 6.42 Å². The molecule has 1 rings (SSSR count). The molecule has 0 spiro atoms. The van der Waals surface area contributed by atoms with Crippen LogP contribution < -0.4 is 4.72 Å². The lowest BCUT2D eigenvalue weighted by Crippen LogP contribution is -2.24. The number of ether oxygens (including phenoxy) is 1. The second-order valence-electron chi connectivity index (χ2n) is 3.54. The van der Waals surface area contributed by atoms with Gasteiger partial charge in [0.25, 0.3) is 0 Å². The fourth-order valence-corrected chi connectivity index (χ4v) is 3.71. The van der Waals surface area contributed by atoms with E-state index >= 15 is 0 Å². The van der Waals surface area contributed by atoms with Gasteiger partial charge in [0, 0.05) is 25.1 Å². The molecule has 0 amide bonds. The van der Waals surface area contributed by atoms with Gasteiger partial charge < -0.3 is 9.84 Å². The van der Waals surface area contributed by atoms with Gasteiger partial charge in [0.15, 0.2) is 0 Å². The molecule has 1 aromatic heterocycles. The lowest BCUT2D eigenvalue weighted by Gasteiger charge is -2.03. The van der Waals surface area contributed by atoms with E-state index < -0.39 is 16.0 Å². The summed E-state index contributed by atoms with van der Waals surface area (Å²) in [5.74, 6) is -0.978. The van der Waals surface area contributed by atoms with Crippen LogP contribution in [0.4, 0.5) is 0 Å². The van der Waals surface area contributed by atoms with E-state index in [1.165, 1.54) is 12.1 Å². The van der Waals surface area contributed by atoms with Crippen LogP contribution in [-0.2, 0) is 26.0 Å². The molecule has 0 aliphatic carbocycles. The molecule has 0 aromatic carbocycles. The number of thiophene rings is 1. The molecule has 0 aliphatic heterocycles. The third-order valence-corrected chi connectivity index (χ3v) is 5.08. The number of carbonyl (C=O) groups is 1. The molecule has 2 N–H and O–H groups in total. The summed E-state index contributed by atoms with van der Waals surface area (Å²) in [7, 11) is -1.99. The Morgan fingerprint density at radius 3 is 2.83 bits per heavy atom. The molecule has 0 saturated carbocycles. The van der Waals surface area contributed by atoms with Gasteiger partial charge in [-0.1, -0.05) is 0 Å². The van der Waals surface area contributed by atoms with E-state index in [0.717, 1.165) is 11.3 Å². The minimum Gasteiger partial charge on any atom is -0.481 e. The summed E-state index contributed by atoms with van der Waals surface area (Å²) in [6.07, 6.45) is 0.424. The molecule has 0 unspecified atom stereocenters. The number of hydrogen-bond donors (Lipinski definition) is 2. The monoisotopic (exact) mass is 293 g/mol. The molecule has 102 valence electrons. The van der Waals surface area contributed by atoms with E-state index in [0.29, 0.717) is 24.4 Å². The maximum atomic E-state index is 11.8. The molecule has 1 heterocycles. The number of carboxylic acid groups (broad SMARTS) is 1. The van der Waals surface area contributed by atoms with E-state index in [1.807, 2.05) is 0 Å². The van der Waals surface area contributed by atoms with Gasteiger partial charge in [0.2, 0.25) is 10.0 Å². The zero-order chi connectivity index (χ0) is 13.6. The Hall–Kier alpha value is -0.960. The van der Waals surface area contributed by atoms with Crippen LogP contribution in [0, 0.1) is 0 Å². The normalized spacial score (nSPS) is 11.6. The Balaban J connectivity index is 2.61. The number of hydrogen-bond acceptors (Lipinski definition) is 5. The fourth-order valence-electron chi connectivity index (χ4n) is 1.24. The standard InChI is InChI=1S/C10H15NO5S2/c1-16-6-2-5-11-18(14,15)10-4-3-8(17-10)7-9(12)13/h3-4,11H,2,5-7H2,1H3,(H,12,13). The number of sulfonamides is 1. The highest BCUT2D eigenvalue weighted by Crippen LogP contribution is 2.21. The van der Waals surface area contributed by atoms with E-state index in [9.17, 15) is 13.2 Å². The average Bonchev–Trinajstić information content (AvgIpc) is 2.73. The van der Waals surface area contributed by atoms with Crippen LogP contribution in [0.1, 0.15) is 11.3 Å². The number of carboxylic acids is 1. The van der Waals surface area contributed by atoms with Gasteiger partial charge in [-0.15, -0.1) is 11.3 Å². The molecular weight excluding hydrogens is 278 g/mol. The van der Waals surface area contributed by atoms with E-state index in [4.69, 9.17) is 9.84 Å². The zero-order valence-corrected chi connectivity index (χ0v) is 11.5. The summed E-state index contributed by atoms with van der Waals surface area (Å²) >= 11 is 0.969. The van der Waals surface area contributed by atoms with Crippen molar-refractivity contribution >= 4 is 27.3 Å². The highest BCUT2D eigenvalue weighted by molar-refractivity contribution is 7.91.